The monoisotopic (exact) mass is 355 g/mol. The zero-order chi connectivity index (χ0) is 18.2. The van der Waals surface area contributed by atoms with E-state index in [4.69, 9.17) is 0 Å². The predicted molar refractivity (Wildman–Crippen MR) is 97.7 cm³/mol. The van der Waals surface area contributed by atoms with E-state index in [2.05, 4.69) is 17.6 Å². The van der Waals surface area contributed by atoms with Gasteiger partial charge in [0.1, 0.15) is 0 Å². The van der Waals surface area contributed by atoms with Crippen LogP contribution in [-0.4, -0.2) is 38.4 Å². The molecule has 1 rings (SSSR count). The highest BCUT2D eigenvalue weighted by Gasteiger charge is 2.22. The number of anilines is 1. The number of nitrogens with one attached hydrogen (secondary N) is 2. The van der Waals surface area contributed by atoms with Crippen molar-refractivity contribution in [1.29, 1.82) is 0 Å². The van der Waals surface area contributed by atoms with Gasteiger partial charge in [0.2, 0.25) is 10.0 Å². The lowest BCUT2D eigenvalue weighted by Crippen LogP contribution is -2.33. The number of hydrogen-bond donors (Lipinski definition) is 2. The Kier molecular flexibility index (Phi) is 8.21. The molecule has 0 bridgehead atoms. The van der Waals surface area contributed by atoms with E-state index in [1.165, 1.54) is 22.9 Å². The Hall–Kier alpha value is -1.60. The van der Waals surface area contributed by atoms with Gasteiger partial charge in [0.15, 0.2) is 0 Å². The number of rotatable bonds is 9. The second kappa shape index (κ2) is 9.64. The van der Waals surface area contributed by atoms with Gasteiger partial charge in [-0.3, -0.25) is 0 Å². The van der Waals surface area contributed by atoms with E-state index >= 15 is 0 Å². The van der Waals surface area contributed by atoms with E-state index in [1.54, 1.807) is 19.2 Å². The second-order valence-electron chi connectivity index (χ2n) is 6.08. The summed E-state index contributed by atoms with van der Waals surface area (Å²) < 4.78 is 26.0. The van der Waals surface area contributed by atoms with Gasteiger partial charge in [0.25, 0.3) is 0 Å². The van der Waals surface area contributed by atoms with Gasteiger partial charge in [0.05, 0.1) is 4.90 Å². The third kappa shape index (κ3) is 6.13. The first-order valence-electron chi connectivity index (χ1n) is 8.42. The Balaban J connectivity index is 2.57. The van der Waals surface area contributed by atoms with Gasteiger partial charge >= 0.3 is 6.03 Å². The summed E-state index contributed by atoms with van der Waals surface area (Å²) in [6.45, 7) is 6.41. The molecule has 24 heavy (non-hydrogen) atoms. The lowest BCUT2D eigenvalue weighted by molar-refractivity contribution is 0.252. The summed E-state index contributed by atoms with van der Waals surface area (Å²) in [6.07, 6.45) is 4.39. The van der Waals surface area contributed by atoms with Crippen LogP contribution in [0.4, 0.5) is 10.5 Å². The van der Waals surface area contributed by atoms with Crippen LogP contribution in [0.15, 0.2) is 29.2 Å². The molecule has 0 unspecified atom stereocenters. The smallest absolute Gasteiger partial charge is 0.319 e. The van der Waals surface area contributed by atoms with Crippen LogP contribution in [0.5, 0.6) is 0 Å². The normalized spacial score (nSPS) is 11.8. The molecule has 0 aliphatic carbocycles. The van der Waals surface area contributed by atoms with Crippen LogP contribution in [0, 0.1) is 0 Å². The highest BCUT2D eigenvalue weighted by molar-refractivity contribution is 7.89. The molecule has 0 aliphatic rings. The summed E-state index contributed by atoms with van der Waals surface area (Å²) >= 11 is 0. The van der Waals surface area contributed by atoms with Gasteiger partial charge < -0.3 is 10.6 Å². The standard InChI is InChI=1S/C17H29N3O3S/c1-5-6-7-8-13-18-17(21)19-15-9-11-16(12-10-15)24(22,23)20(4)14(2)3/h9-12,14H,5-8,13H2,1-4H3,(H2,18,19,21). The first-order valence-corrected chi connectivity index (χ1v) is 9.86. The zero-order valence-corrected chi connectivity index (χ0v) is 15.8. The van der Waals surface area contributed by atoms with Crippen molar-refractivity contribution < 1.29 is 13.2 Å². The third-order valence-corrected chi connectivity index (χ3v) is 5.88. The number of benzene rings is 1. The number of nitrogens with zero attached hydrogens (tertiary/aromatic N) is 1. The number of amides is 2. The molecule has 0 saturated heterocycles. The largest absolute Gasteiger partial charge is 0.338 e. The van der Waals surface area contributed by atoms with Gasteiger partial charge in [-0.2, -0.15) is 4.31 Å². The maximum Gasteiger partial charge on any atom is 0.319 e. The van der Waals surface area contributed by atoms with Crippen molar-refractivity contribution in [2.45, 2.75) is 57.4 Å². The van der Waals surface area contributed by atoms with Crippen LogP contribution in [0.1, 0.15) is 46.5 Å². The van der Waals surface area contributed by atoms with Crippen molar-refractivity contribution in [1.82, 2.24) is 9.62 Å². The number of sulfonamides is 1. The maximum absolute atomic E-state index is 12.4. The van der Waals surface area contributed by atoms with Crippen molar-refractivity contribution in [3.63, 3.8) is 0 Å². The molecule has 0 radical (unpaired) electrons. The van der Waals surface area contributed by atoms with Crippen LogP contribution in [-0.2, 0) is 10.0 Å². The minimum Gasteiger partial charge on any atom is -0.338 e. The van der Waals surface area contributed by atoms with Crippen LogP contribution >= 0.6 is 0 Å². The average Bonchev–Trinajstić information content (AvgIpc) is 2.54. The Morgan fingerprint density at radius 3 is 2.29 bits per heavy atom. The molecule has 0 aliphatic heterocycles. The summed E-state index contributed by atoms with van der Waals surface area (Å²) in [5, 5.41) is 5.50. The van der Waals surface area contributed by atoms with E-state index in [0.29, 0.717) is 12.2 Å². The second-order valence-corrected chi connectivity index (χ2v) is 8.08. The first-order chi connectivity index (χ1) is 11.3. The SMILES string of the molecule is CCCCCCNC(=O)Nc1ccc(S(=O)(=O)N(C)C(C)C)cc1. The van der Waals surface area contributed by atoms with Gasteiger partial charge in [0, 0.05) is 25.3 Å². The molecule has 7 heteroatoms. The molecule has 0 atom stereocenters. The fourth-order valence-corrected chi connectivity index (χ4v) is 3.45. The van der Waals surface area contributed by atoms with Crippen molar-refractivity contribution in [3.8, 4) is 0 Å². The minimum absolute atomic E-state index is 0.119. The van der Waals surface area contributed by atoms with Crippen LogP contribution in [0.2, 0.25) is 0 Å². The molecule has 0 saturated carbocycles. The summed E-state index contributed by atoms with van der Waals surface area (Å²) in [4.78, 5) is 12.0. The highest BCUT2D eigenvalue weighted by atomic mass is 32.2. The number of carbonyl (C=O) groups is 1. The van der Waals surface area contributed by atoms with Crippen molar-refractivity contribution in [2.24, 2.45) is 0 Å². The van der Waals surface area contributed by atoms with E-state index < -0.39 is 10.0 Å². The Bertz CT molecular complexity index is 612. The van der Waals surface area contributed by atoms with E-state index in [9.17, 15) is 13.2 Å². The molecular formula is C17H29N3O3S. The Labute approximate surface area is 145 Å². The minimum atomic E-state index is -3.50. The number of urea groups is 1. The van der Waals surface area contributed by atoms with Gasteiger partial charge in [-0.1, -0.05) is 26.2 Å². The quantitative estimate of drug-likeness (QED) is 0.666. The molecule has 0 heterocycles. The Morgan fingerprint density at radius 1 is 1.12 bits per heavy atom. The number of unbranched alkanes of at least 4 members (excludes halogenated alkanes) is 3. The van der Waals surface area contributed by atoms with Crippen LogP contribution < -0.4 is 10.6 Å². The fourth-order valence-electron chi connectivity index (χ4n) is 2.08. The average molecular weight is 356 g/mol. The molecule has 0 spiro atoms. The summed E-state index contributed by atoms with van der Waals surface area (Å²) in [6, 6.07) is 5.80. The van der Waals surface area contributed by atoms with E-state index in [-0.39, 0.29) is 17.0 Å². The fraction of sp³-hybridized carbons (Fsp3) is 0.588. The molecule has 1 aromatic rings. The lowest BCUT2D eigenvalue weighted by Gasteiger charge is -2.21. The molecule has 0 aromatic heterocycles. The zero-order valence-electron chi connectivity index (χ0n) is 15.0. The molecule has 0 fully saturated rings. The van der Waals surface area contributed by atoms with Crippen molar-refractivity contribution >= 4 is 21.7 Å². The number of hydrogen-bond acceptors (Lipinski definition) is 3. The van der Waals surface area contributed by atoms with E-state index in [1.807, 2.05) is 13.8 Å². The Morgan fingerprint density at radius 2 is 1.75 bits per heavy atom. The van der Waals surface area contributed by atoms with E-state index in [0.717, 1.165) is 19.3 Å². The predicted octanol–water partition coefficient (Wildman–Crippen LogP) is 3.42. The third-order valence-electron chi connectivity index (χ3n) is 3.83. The molecule has 2 N–H and O–H groups in total. The van der Waals surface area contributed by atoms with Gasteiger partial charge in [-0.25, -0.2) is 13.2 Å². The number of carbonyl (C=O) groups excluding carboxylic acids is 1. The first kappa shape index (κ1) is 20.4. The topological polar surface area (TPSA) is 78.5 Å². The molecule has 136 valence electrons. The van der Waals surface area contributed by atoms with Crippen LogP contribution in [0.3, 0.4) is 0 Å². The molecule has 2 amide bonds. The molecule has 1 aromatic carbocycles. The van der Waals surface area contributed by atoms with Gasteiger partial charge in [-0.15, -0.1) is 0 Å². The molecule has 6 nitrogen and oxygen atoms in total. The summed E-state index contributed by atoms with van der Waals surface area (Å²) in [5.41, 5.74) is 0.562. The van der Waals surface area contributed by atoms with Crippen molar-refractivity contribution in [2.75, 3.05) is 18.9 Å². The summed E-state index contributed by atoms with van der Waals surface area (Å²) in [7, 11) is -1.95. The lowest BCUT2D eigenvalue weighted by atomic mass is 10.2. The maximum atomic E-state index is 12.4. The van der Waals surface area contributed by atoms with Gasteiger partial charge in [-0.05, 0) is 44.5 Å². The van der Waals surface area contributed by atoms with Crippen LogP contribution in [0.25, 0.3) is 0 Å². The van der Waals surface area contributed by atoms with Crippen molar-refractivity contribution in [3.05, 3.63) is 24.3 Å². The highest BCUT2D eigenvalue weighted by Crippen LogP contribution is 2.18. The summed E-state index contributed by atoms with van der Waals surface area (Å²) in [5.74, 6) is 0. The molecular weight excluding hydrogens is 326 g/mol.